The molecule has 1 aromatic rings. The van der Waals surface area contributed by atoms with Crippen molar-refractivity contribution in [1.29, 1.82) is 0 Å². The monoisotopic (exact) mass is 334 g/mol. The van der Waals surface area contributed by atoms with Crippen LogP contribution in [0.15, 0.2) is 30.3 Å². The first kappa shape index (κ1) is 17.8. The molecule has 1 heterocycles. The van der Waals surface area contributed by atoms with Crippen molar-refractivity contribution < 1.29 is 24.2 Å². The van der Waals surface area contributed by atoms with E-state index in [-0.39, 0.29) is 13.2 Å². The molecular weight excluding hydrogens is 312 g/mol. The number of hydrogen-bond acceptors (Lipinski definition) is 4. The molecule has 7 nitrogen and oxygen atoms in total. The minimum atomic E-state index is -1.11. The molecule has 1 saturated heterocycles. The van der Waals surface area contributed by atoms with Crippen molar-refractivity contribution in [3.8, 4) is 0 Å². The second kappa shape index (κ2) is 6.90. The zero-order chi connectivity index (χ0) is 17.9. The van der Waals surface area contributed by atoms with Crippen molar-refractivity contribution in [2.24, 2.45) is 5.41 Å². The lowest BCUT2D eigenvalue weighted by Gasteiger charge is -2.38. The van der Waals surface area contributed by atoms with Gasteiger partial charge in [0, 0.05) is 5.41 Å². The second-order valence-electron chi connectivity index (χ2n) is 6.82. The zero-order valence-corrected chi connectivity index (χ0v) is 14.1. The van der Waals surface area contributed by atoms with Crippen molar-refractivity contribution in [3.05, 3.63) is 35.9 Å². The first-order chi connectivity index (χ1) is 11.2. The summed E-state index contributed by atoms with van der Waals surface area (Å²) < 4.78 is 5.30. The van der Waals surface area contributed by atoms with Crippen LogP contribution in [0.5, 0.6) is 0 Å². The van der Waals surface area contributed by atoms with Gasteiger partial charge in [0.05, 0.1) is 0 Å². The largest absolute Gasteiger partial charge is 0.480 e. The third-order valence-corrected chi connectivity index (χ3v) is 3.74. The van der Waals surface area contributed by atoms with E-state index >= 15 is 0 Å². The number of carboxylic acids is 1. The van der Waals surface area contributed by atoms with Crippen LogP contribution >= 0.6 is 0 Å². The van der Waals surface area contributed by atoms with E-state index in [2.05, 4.69) is 0 Å². The maximum absolute atomic E-state index is 12.4. The number of aliphatic carboxylic acids is 1. The van der Waals surface area contributed by atoms with Crippen LogP contribution in [0, 0.1) is 5.41 Å². The van der Waals surface area contributed by atoms with Gasteiger partial charge >= 0.3 is 12.1 Å². The molecule has 2 amide bonds. The Morgan fingerprint density at radius 1 is 1.25 bits per heavy atom. The van der Waals surface area contributed by atoms with Crippen molar-refractivity contribution in [3.63, 3.8) is 0 Å². The first-order valence-corrected chi connectivity index (χ1v) is 7.68. The Morgan fingerprint density at radius 2 is 1.88 bits per heavy atom. The predicted octanol–water partition coefficient (Wildman–Crippen LogP) is 1.92. The average molecular weight is 334 g/mol. The van der Waals surface area contributed by atoms with Crippen molar-refractivity contribution in [2.75, 3.05) is 13.1 Å². The second-order valence-corrected chi connectivity index (χ2v) is 6.82. The number of carbonyl (C=O) groups excluding carboxylic acids is 2. The normalized spacial score (nSPS) is 18.0. The number of amides is 2. The summed E-state index contributed by atoms with van der Waals surface area (Å²) in [6, 6.07) is 9.22. The van der Waals surface area contributed by atoms with Crippen molar-refractivity contribution in [2.45, 2.75) is 33.5 Å². The van der Waals surface area contributed by atoms with E-state index in [4.69, 9.17) is 9.84 Å². The van der Waals surface area contributed by atoms with Crippen LogP contribution in [0.2, 0.25) is 0 Å². The molecule has 0 aromatic heterocycles. The standard InChI is InChI=1S/C17H22N2O5/c1-17(2,3)15-18(10-14(21)22)13(20)9-19(15)16(23)24-11-12-7-5-4-6-8-12/h4-8,15H,9-11H2,1-3H3,(H,21,22)/t15-/m1/s1. The van der Waals surface area contributed by atoms with Crippen LogP contribution in [0.1, 0.15) is 26.3 Å². The van der Waals surface area contributed by atoms with Gasteiger partial charge in [0.2, 0.25) is 5.91 Å². The van der Waals surface area contributed by atoms with Gasteiger partial charge in [-0.25, -0.2) is 4.79 Å². The lowest BCUT2D eigenvalue weighted by atomic mass is 9.91. The predicted molar refractivity (Wildman–Crippen MR) is 85.9 cm³/mol. The van der Waals surface area contributed by atoms with E-state index in [0.717, 1.165) is 5.56 Å². The van der Waals surface area contributed by atoms with Crippen molar-refractivity contribution in [1.82, 2.24) is 9.80 Å². The number of nitrogens with zero attached hydrogens (tertiary/aromatic N) is 2. The molecule has 24 heavy (non-hydrogen) atoms. The third-order valence-electron chi connectivity index (χ3n) is 3.74. The third kappa shape index (κ3) is 4.04. The van der Waals surface area contributed by atoms with Crippen LogP contribution in [0.25, 0.3) is 0 Å². The molecule has 1 N–H and O–H groups in total. The summed E-state index contributed by atoms with van der Waals surface area (Å²) >= 11 is 0. The summed E-state index contributed by atoms with van der Waals surface area (Å²) in [5.41, 5.74) is 0.332. The first-order valence-electron chi connectivity index (χ1n) is 7.68. The minimum Gasteiger partial charge on any atom is -0.480 e. The van der Waals surface area contributed by atoms with Crippen LogP contribution in [0.4, 0.5) is 4.79 Å². The molecule has 2 rings (SSSR count). The molecular formula is C17H22N2O5. The molecule has 0 saturated carbocycles. The maximum atomic E-state index is 12.4. The summed E-state index contributed by atoms with van der Waals surface area (Å²) in [6.07, 6.45) is -1.29. The van der Waals surface area contributed by atoms with Gasteiger partial charge in [0.15, 0.2) is 0 Å². The fraction of sp³-hybridized carbons (Fsp3) is 0.471. The van der Waals surface area contributed by atoms with Crippen LogP contribution < -0.4 is 0 Å². The SMILES string of the molecule is CC(C)(C)[C@@H]1N(CC(=O)O)C(=O)CN1C(=O)OCc1ccccc1. The van der Waals surface area contributed by atoms with E-state index in [1.807, 2.05) is 51.1 Å². The number of hydrogen-bond donors (Lipinski definition) is 1. The molecule has 1 aliphatic heterocycles. The summed E-state index contributed by atoms with van der Waals surface area (Å²) in [5, 5.41) is 9.02. The molecule has 0 unspecified atom stereocenters. The highest BCUT2D eigenvalue weighted by molar-refractivity contribution is 5.88. The fourth-order valence-electron chi connectivity index (χ4n) is 2.85. The lowest BCUT2D eigenvalue weighted by Crippen LogP contribution is -2.51. The van der Waals surface area contributed by atoms with E-state index in [1.165, 1.54) is 9.80 Å². The Morgan fingerprint density at radius 3 is 2.42 bits per heavy atom. The van der Waals surface area contributed by atoms with Gasteiger partial charge < -0.3 is 14.7 Å². The number of benzene rings is 1. The molecule has 0 aliphatic carbocycles. The summed E-state index contributed by atoms with van der Waals surface area (Å²) in [5.74, 6) is -1.51. The van der Waals surface area contributed by atoms with Gasteiger partial charge in [0.1, 0.15) is 25.9 Å². The Hall–Kier alpha value is -2.57. The highest BCUT2D eigenvalue weighted by Gasteiger charge is 2.47. The minimum absolute atomic E-state index is 0.0974. The van der Waals surface area contributed by atoms with Crippen LogP contribution in [-0.2, 0) is 20.9 Å². The molecule has 1 atom stereocenters. The number of carbonyl (C=O) groups is 3. The van der Waals surface area contributed by atoms with Gasteiger partial charge in [-0.3, -0.25) is 14.5 Å². The van der Waals surface area contributed by atoms with E-state index in [1.54, 1.807) is 0 Å². The molecule has 0 bridgehead atoms. The fourth-order valence-corrected chi connectivity index (χ4v) is 2.85. The molecule has 1 aliphatic rings. The summed E-state index contributed by atoms with van der Waals surface area (Å²) in [6.45, 7) is 5.03. The van der Waals surface area contributed by atoms with Crippen molar-refractivity contribution >= 4 is 18.0 Å². The zero-order valence-electron chi connectivity index (χ0n) is 14.1. The molecule has 1 fully saturated rings. The highest BCUT2D eigenvalue weighted by Crippen LogP contribution is 2.32. The Kier molecular flexibility index (Phi) is 5.11. The summed E-state index contributed by atoms with van der Waals surface area (Å²) in [4.78, 5) is 38.1. The number of rotatable bonds is 4. The molecule has 0 spiro atoms. The van der Waals surface area contributed by atoms with Gasteiger partial charge in [-0.05, 0) is 5.56 Å². The van der Waals surface area contributed by atoms with Gasteiger partial charge in [-0.15, -0.1) is 0 Å². The average Bonchev–Trinajstić information content (AvgIpc) is 2.82. The highest BCUT2D eigenvalue weighted by atomic mass is 16.6. The van der Waals surface area contributed by atoms with Gasteiger partial charge in [0.25, 0.3) is 0 Å². The molecule has 7 heteroatoms. The number of ether oxygens (including phenoxy) is 1. The van der Waals surface area contributed by atoms with Gasteiger partial charge in [-0.1, -0.05) is 51.1 Å². The molecule has 130 valence electrons. The quantitative estimate of drug-likeness (QED) is 0.909. The number of carboxylic acid groups (broad SMARTS) is 1. The smallest absolute Gasteiger partial charge is 0.412 e. The Bertz CT molecular complexity index is 624. The molecule has 0 radical (unpaired) electrons. The Labute approximate surface area is 140 Å². The molecule has 1 aromatic carbocycles. The Balaban J connectivity index is 2.13. The maximum Gasteiger partial charge on any atom is 0.412 e. The summed E-state index contributed by atoms with van der Waals surface area (Å²) in [7, 11) is 0. The van der Waals surface area contributed by atoms with E-state index in [9.17, 15) is 14.4 Å². The topological polar surface area (TPSA) is 87.2 Å². The lowest BCUT2D eigenvalue weighted by molar-refractivity contribution is -0.145. The van der Waals surface area contributed by atoms with Crippen LogP contribution in [-0.4, -0.2) is 52.1 Å². The van der Waals surface area contributed by atoms with Crippen LogP contribution in [0.3, 0.4) is 0 Å². The van der Waals surface area contributed by atoms with E-state index < -0.39 is 36.1 Å². The van der Waals surface area contributed by atoms with Gasteiger partial charge in [-0.2, -0.15) is 0 Å². The van der Waals surface area contributed by atoms with E-state index in [0.29, 0.717) is 0 Å².